The van der Waals surface area contributed by atoms with Crippen molar-refractivity contribution in [1.82, 2.24) is 14.9 Å². The van der Waals surface area contributed by atoms with E-state index in [0.717, 1.165) is 11.4 Å². The van der Waals surface area contributed by atoms with Gasteiger partial charge in [0.2, 0.25) is 0 Å². The Hall–Kier alpha value is -4.17. The smallest absolute Gasteiger partial charge is 0.262 e. The summed E-state index contributed by atoms with van der Waals surface area (Å²) in [6.45, 7) is 4.18. The van der Waals surface area contributed by atoms with Gasteiger partial charge in [-0.15, -0.1) is 0 Å². The molecule has 5 rings (SSSR count). The van der Waals surface area contributed by atoms with Crippen LogP contribution in [0.4, 0.5) is 11.4 Å². The van der Waals surface area contributed by atoms with Crippen molar-refractivity contribution in [3.05, 3.63) is 108 Å². The molecule has 1 fully saturated rings. The lowest BCUT2D eigenvalue weighted by Crippen LogP contribution is -2.29. The second kappa shape index (κ2) is 10.4. The van der Waals surface area contributed by atoms with Crippen LogP contribution in [0.3, 0.4) is 0 Å². The topological polar surface area (TPSA) is 71.4 Å². The van der Waals surface area contributed by atoms with Gasteiger partial charge in [-0.3, -0.25) is 9.78 Å². The van der Waals surface area contributed by atoms with E-state index in [4.69, 9.17) is 17.0 Å². The van der Waals surface area contributed by atoms with E-state index < -0.39 is 0 Å². The maximum Gasteiger partial charge on any atom is 0.262 e. The summed E-state index contributed by atoms with van der Waals surface area (Å²) in [7, 11) is 2.08. The minimum atomic E-state index is -0.224. The number of benzene rings is 2. The summed E-state index contributed by atoms with van der Waals surface area (Å²) in [6.07, 6.45) is 1.81. The standard InChI is InChI=1S/C29H29N5O2S/c1-19-17-24(20(2)33(19)3)28-27(25-11-7-8-16-30-25)32-29(37)34(28)22-14-12-21(13-15-22)31-26(35)18-36-23-9-5-4-6-10-23/h4-17,27-28H,18H2,1-3H3,(H,31,35)(H,32,37)/t27-,28+/m0/s1. The van der Waals surface area contributed by atoms with Crippen LogP contribution in [0, 0.1) is 13.8 Å². The molecule has 2 aromatic carbocycles. The fraction of sp³-hybridized carbons (Fsp3) is 0.207. The zero-order valence-electron chi connectivity index (χ0n) is 21.0. The van der Waals surface area contributed by atoms with Crippen molar-refractivity contribution in [2.45, 2.75) is 25.9 Å². The predicted molar refractivity (Wildman–Crippen MR) is 150 cm³/mol. The van der Waals surface area contributed by atoms with Gasteiger partial charge in [-0.05, 0) is 86.2 Å². The molecule has 0 saturated carbocycles. The molecule has 0 unspecified atom stereocenters. The van der Waals surface area contributed by atoms with Gasteiger partial charge in [-0.2, -0.15) is 0 Å². The number of carbonyl (C=O) groups excluding carboxylic acids is 1. The van der Waals surface area contributed by atoms with Crippen molar-refractivity contribution < 1.29 is 9.53 Å². The van der Waals surface area contributed by atoms with Crippen molar-refractivity contribution in [3.63, 3.8) is 0 Å². The summed E-state index contributed by atoms with van der Waals surface area (Å²) in [6, 6.07) is 25.0. The summed E-state index contributed by atoms with van der Waals surface area (Å²) < 4.78 is 7.74. The predicted octanol–water partition coefficient (Wildman–Crippen LogP) is 5.23. The van der Waals surface area contributed by atoms with E-state index in [1.807, 2.05) is 79.0 Å². The van der Waals surface area contributed by atoms with Crippen molar-refractivity contribution in [1.29, 1.82) is 0 Å². The van der Waals surface area contributed by atoms with Crippen LogP contribution in [0.1, 0.15) is 34.7 Å². The molecule has 2 aromatic heterocycles. The van der Waals surface area contributed by atoms with Crippen LogP contribution >= 0.6 is 12.2 Å². The Labute approximate surface area is 222 Å². The summed E-state index contributed by atoms with van der Waals surface area (Å²) in [5.74, 6) is 0.432. The molecular formula is C29H29N5O2S. The van der Waals surface area contributed by atoms with Crippen molar-refractivity contribution in [2.75, 3.05) is 16.8 Å². The van der Waals surface area contributed by atoms with Gasteiger partial charge in [-0.1, -0.05) is 24.3 Å². The van der Waals surface area contributed by atoms with Crippen LogP contribution in [0.25, 0.3) is 0 Å². The van der Waals surface area contributed by atoms with Gasteiger partial charge >= 0.3 is 0 Å². The lowest BCUT2D eigenvalue weighted by Gasteiger charge is -2.28. The molecule has 4 aromatic rings. The second-order valence-corrected chi connectivity index (χ2v) is 9.47. The number of hydrogen-bond acceptors (Lipinski definition) is 4. The minimum Gasteiger partial charge on any atom is -0.484 e. The maximum absolute atomic E-state index is 12.4. The number of thiocarbonyl (C=S) groups is 1. The van der Waals surface area contributed by atoms with Crippen LogP contribution in [0.2, 0.25) is 0 Å². The van der Waals surface area contributed by atoms with Gasteiger partial charge < -0.3 is 24.8 Å². The highest BCUT2D eigenvalue weighted by atomic mass is 32.1. The number of nitrogens with zero attached hydrogens (tertiary/aromatic N) is 3. The zero-order chi connectivity index (χ0) is 25.9. The SMILES string of the molecule is Cc1cc([C@@H]2[C@H](c3ccccn3)NC(=S)N2c2ccc(NC(=O)COc3ccccc3)cc2)c(C)n1C. The van der Waals surface area contributed by atoms with E-state index >= 15 is 0 Å². The third kappa shape index (κ3) is 5.06. The maximum atomic E-state index is 12.4. The van der Waals surface area contributed by atoms with E-state index in [9.17, 15) is 4.79 Å². The minimum absolute atomic E-state index is 0.0631. The number of ether oxygens (including phenoxy) is 1. The van der Waals surface area contributed by atoms with E-state index in [1.165, 1.54) is 17.0 Å². The van der Waals surface area contributed by atoms with Gasteiger partial charge in [0.25, 0.3) is 5.91 Å². The Morgan fingerprint density at radius 3 is 2.43 bits per heavy atom. The molecule has 1 aliphatic heterocycles. The number of anilines is 2. The molecule has 188 valence electrons. The molecular weight excluding hydrogens is 482 g/mol. The van der Waals surface area contributed by atoms with E-state index in [2.05, 4.69) is 52.0 Å². The Bertz CT molecular complexity index is 1400. The molecule has 0 radical (unpaired) electrons. The Morgan fingerprint density at radius 1 is 1.05 bits per heavy atom. The largest absolute Gasteiger partial charge is 0.484 e. The molecule has 8 heteroatoms. The fourth-order valence-electron chi connectivity index (χ4n) is 4.70. The number of nitrogens with one attached hydrogen (secondary N) is 2. The first-order valence-electron chi connectivity index (χ1n) is 12.1. The van der Waals surface area contributed by atoms with Crippen LogP contribution in [-0.4, -0.2) is 27.2 Å². The van der Waals surface area contributed by atoms with Gasteiger partial charge in [0.15, 0.2) is 11.7 Å². The lowest BCUT2D eigenvalue weighted by atomic mass is 9.96. The molecule has 1 aliphatic rings. The lowest BCUT2D eigenvalue weighted by molar-refractivity contribution is -0.118. The number of amides is 1. The molecule has 0 spiro atoms. The average Bonchev–Trinajstić information content (AvgIpc) is 3.39. The third-order valence-corrected chi connectivity index (χ3v) is 7.09. The number of carbonyl (C=O) groups is 1. The molecule has 2 atom stereocenters. The van der Waals surface area contributed by atoms with Gasteiger partial charge in [0.05, 0.1) is 17.8 Å². The Morgan fingerprint density at radius 2 is 1.78 bits per heavy atom. The van der Waals surface area contributed by atoms with Crippen molar-refractivity contribution in [3.8, 4) is 5.75 Å². The molecule has 7 nitrogen and oxygen atoms in total. The third-order valence-electron chi connectivity index (χ3n) is 6.77. The summed E-state index contributed by atoms with van der Waals surface area (Å²) >= 11 is 5.84. The number of pyridine rings is 1. The van der Waals surface area contributed by atoms with E-state index in [0.29, 0.717) is 16.5 Å². The Kier molecular flexibility index (Phi) is 6.92. The monoisotopic (exact) mass is 511 g/mol. The van der Waals surface area contributed by atoms with E-state index in [1.54, 1.807) is 0 Å². The second-order valence-electron chi connectivity index (χ2n) is 9.08. The number of aryl methyl sites for hydroxylation is 1. The van der Waals surface area contributed by atoms with Crippen LogP contribution in [0.15, 0.2) is 85.1 Å². The molecule has 37 heavy (non-hydrogen) atoms. The summed E-state index contributed by atoms with van der Waals surface area (Å²) in [4.78, 5) is 19.2. The molecule has 3 heterocycles. The number of para-hydroxylation sites is 1. The van der Waals surface area contributed by atoms with Gasteiger partial charge in [-0.25, -0.2) is 0 Å². The van der Waals surface area contributed by atoms with Gasteiger partial charge in [0, 0.05) is 36.0 Å². The first-order valence-corrected chi connectivity index (χ1v) is 12.5. The molecule has 1 amide bonds. The molecule has 0 bridgehead atoms. The normalized spacial score (nSPS) is 16.9. The molecule has 2 N–H and O–H groups in total. The summed E-state index contributed by atoms with van der Waals surface area (Å²) in [5.41, 5.74) is 6.11. The molecule has 1 saturated heterocycles. The van der Waals surface area contributed by atoms with Gasteiger partial charge in [0.1, 0.15) is 5.75 Å². The van der Waals surface area contributed by atoms with Crippen LogP contribution < -0.4 is 20.3 Å². The fourth-order valence-corrected chi connectivity index (χ4v) is 5.05. The van der Waals surface area contributed by atoms with Crippen molar-refractivity contribution >= 4 is 34.6 Å². The van der Waals surface area contributed by atoms with E-state index in [-0.39, 0.29) is 24.6 Å². The first-order chi connectivity index (χ1) is 17.9. The van der Waals surface area contributed by atoms with Crippen LogP contribution in [-0.2, 0) is 11.8 Å². The Balaban J connectivity index is 1.39. The number of rotatable bonds is 7. The molecule has 0 aliphatic carbocycles. The number of hydrogen-bond donors (Lipinski definition) is 2. The van der Waals surface area contributed by atoms with Crippen LogP contribution in [0.5, 0.6) is 5.75 Å². The van der Waals surface area contributed by atoms with Crippen molar-refractivity contribution in [2.24, 2.45) is 7.05 Å². The highest BCUT2D eigenvalue weighted by Crippen LogP contribution is 2.43. The highest BCUT2D eigenvalue weighted by molar-refractivity contribution is 7.80. The first kappa shape index (κ1) is 24.5. The number of aromatic nitrogens is 2. The quantitative estimate of drug-likeness (QED) is 0.331. The zero-order valence-corrected chi connectivity index (χ0v) is 21.8. The highest BCUT2D eigenvalue weighted by Gasteiger charge is 2.42. The average molecular weight is 512 g/mol. The summed E-state index contributed by atoms with van der Waals surface area (Å²) in [5, 5.41) is 7.03.